The molecule has 0 spiro atoms. The van der Waals surface area contributed by atoms with Gasteiger partial charge < -0.3 is 15.1 Å². The molecule has 27 heavy (non-hydrogen) atoms. The van der Waals surface area contributed by atoms with Crippen LogP contribution >= 0.6 is 11.6 Å². The van der Waals surface area contributed by atoms with Crippen LogP contribution in [0.3, 0.4) is 0 Å². The highest BCUT2D eigenvalue weighted by atomic mass is 35.5. The van der Waals surface area contributed by atoms with Crippen LogP contribution in [0.2, 0.25) is 5.02 Å². The van der Waals surface area contributed by atoms with Gasteiger partial charge in [0.15, 0.2) is 0 Å². The van der Waals surface area contributed by atoms with E-state index in [2.05, 4.69) is 36.6 Å². The van der Waals surface area contributed by atoms with Crippen molar-refractivity contribution in [1.82, 2.24) is 5.32 Å². The molecule has 0 saturated heterocycles. The van der Waals surface area contributed by atoms with Gasteiger partial charge in [-0.05, 0) is 43.7 Å². The fraction of sp³-hybridized carbons (Fsp3) is 0.409. The highest BCUT2D eigenvalue weighted by molar-refractivity contribution is 6.30. The predicted molar refractivity (Wildman–Crippen MR) is 114 cm³/mol. The number of carbonyl (C=O) groups is 1. The minimum Gasteiger partial charge on any atom is -0.338 e. The van der Waals surface area contributed by atoms with E-state index in [1.807, 2.05) is 42.5 Å². The molecule has 4 nitrogen and oxygen atoms in total. The predicted octanol–water partition coefficient (Wildman–Crippen LogP) is 4.95. The minimum atomic E-state index is -0.145. The average Bonchev–Trinajstić information content (AvgIpc) is 2.70. The number of carbonyl (C=O) groups excluding carboxylic acids is 1. The molecule has 2 rings (SSSR count). The van der Waals surface area contributed by atoms with Gasteiger partial charge in [0.2, 0.25) is 0 Å². The molecule has 2 aromatic rings. The van der Waals surface area contributed by atoms with Gasteiger partial charge >= 0.3 is 6.03 Å². The third kappa shape index (κ3) is 7.24. The van der Waals surface area contributed by atoms with Crippen LogP contribution in [0.4, 0.5) is 10.5 Å². The first-order valence-corrected chi connectivity index (χ1v) is 10.1. The number of urea groups is 1. The lowest BCUT2D eigenvalue weighted by molar-refractivity contribution is -0.924. The van der Waals surface area contributed by atoms with Crippen molar-refractivity contribution in [3.05, 3.63) is 65.2 Å². The van der Waals surface area contributed by atoms with Crippen molar-refractivity contribution in [1.29, 1.82) is 0 Å². The van der Waals surface area contributed by atoms with Crippen LogP contribution in [0.15, 0.2) is 54.6 Å². The third-order valence-corrected chi connectivity index (χ3v) is 5.51. The Kier molecular flexibility index (Phi) is 8.62. The fourth-order valence-electron chi connectivity index (χ4n) is 3.30. The largest absolute Gasteiger partial charge is 0.338 e. The Balaban J connectivity index is 1.75. The Morgan fingerprint density at radius 1 is 0.963 bits per heavy atom. The Morgan fingerprint density at radius 2 is 1.63 bits per heavy atom. The van der Waals surface area contributed by atoms with E-state index in [-0.39, 0.29) is 6.03 Å². The molecule has 2 amide bonds. The Bertz CT molecular complexity index is 684. The van der Waals surface area contributed by atoms with Gasteiger partial charge in [0, 0.05) is 30.1 Å². The number of hydrogen-bond donors (Lipinski definition) is 2. The van der Waals surface area contributed by atoms with Gasteiger partial charge in [-0.2, -0.15) is 0 Å². The molecule has 0 saturated carbocycles. The van der Waals surface area contributed by atoms with E-state index in [9.17, 15) is 4.79 Å². The van der Waals surface area contributed by atoms with Crippen molar-refractivity contribution in [2.24, 2.45) is 0 Å². The number of rotatable bonds is 10. The monoisotopic (exact) mass is 388 g/mol. The van der Waals surface area contributed by atoms with Crippen LogP contribution in [0.25, 0.3) is 0 Å². The summed E-state index contributed by atoms with van der Waals surface area (Å²) in [5.74, 6) is 0. The molecule has 0 fully saturated rings. The Hall–Kier alpha value is -2.04. The molecule has 0 aliphatic carbocycles. The van der Waals surface area contributed by atoms with Gasteiger partial charge in [-0.1, -0.05) is 41.9 Å². The average molecular weight is 389 g/mol. The van der Waals surface area contributed by atoms with E-state index in [1.54, 1.807) is 0 Å². The molecule has 0 atom stereocenters. The molecule has 0 radical (unpaired) electrons. The molecule has 146 valence electrons. The lowest BCUT2D eigenvalue weighted by Crippen LogP contribution is -2.50. The van der Waals surface area contributed by atoms with E-state index < -0.39 is 0 Å². The van der Waals surface area contributed by atoms with Crippen molar-refractivity contribution < 1.29 is 9.28 Å². The number of amides is 2. The molecule has 0 bridgehead atoms. The molecule has 0 aromatic heterocycles. The summed E-state index contributed by atoms with van der Waals surface area (Å²) in [6.07, 6.45) is 2.01. The second-order valence-electron chi connectivity index (χ2n) is 6.90. The third-order valence-electron chi connectivity index (χ3n) is 5.26. The maximum atomic E-state index is 12.0. The van der Waals surface area contributed by atoms with Gasteiger partial charge in [-0.15, -0.1) is 0 Å². The zero-order valence-corrected chi connectivity index (χ0v) is 17.1. The Labute approximate surface area is 168 Å². The van der Waals surface area contributed by atoms with Gasteiger partial charge in [0.05, 0.1) is 26.2 Å². The molecule has 0 aliphatic heterocycles. The summed E-state index contributed by atoms with van der Waals surface area (Å²) in [7, 11) is 0. The standard InChI is InChI=1S/C22H30ClN3O/c1-3-26(4-2,18-15-19-11-13-20(23)14-12-19)17-8-16-24-22(27)25-21-9-6-5-7-10-21/h5-7,9-14H,3-4,8,15-18H2,1-2H3,(H-,24,25,27)/p+1. The maximum Gasteiger partial charge on any atom is 0.319 e. The molecule has 0 unspecified atom stereocenters. The number of nitrogens with zero attached hydrogens (tertiary/aromatic N) is 1. The zero-order chi connectivity index (χ0) is 19.5. The number of hydrogen-bond acceptors (Lipinski definition) is 1. The lowest BCUT2D eigenvalue weighted by atomic mass is 10.1. The van der Waals surface area contributed by atoms with E-state index in [0.717, 1.165) is 54.2 Å². The van der Waals surface area contributed by atoms with Crippen LogP contribution in [-0.2, 0) is 6.42 Å². The van der Waals surface area contributed by atoms with Crippen molar-refractivity contribution in [3.63, 3.8) is 0 Å². The minimum absolute atomic E-state index is 0.145. The maximum absolute atomic E-state index is 12.0. The van der Waals surface area contributed by atoms with Crippen LogP contribution in [-0.4, -0.2) is 43.2 Å². The van der Waals surface area contributed by atoms with E-state index in [4.69, 9.17) is 11.6 Å². The second kappa shape index (κ2) is 11.0. The zero-order valence-electron chi connectivity index (χ0n) is 16.4. The number of likely N-dealkylation sites (N-methyl/N-ethyl adjacent to an activating group) is 1. The Morgan fingerprint density at radius 3 is 2.26 bits per heavy atom. The van der Waals surface area contributed by atoms with Crippen LogP contribution in [0.1, 0.15) is 25.8 Å². The van der Waals surface area contributed by atoms with Gasteiger partial charge in [-0.3, -0.25) is 0 Å². The van der Waals surface area contributed by atoms with Gasteiger partial charge in [0.1, 0.15) is 0 Å². The summed E-state index contributed by atoms with van der Waals surface area (Å²) in [5.41, 5.74) is 2.13. The first-order chi connectivity index (χ1) is 13.1. The summed E-state index contributed by atoms with van der Waals surface area (Å²) in [6, 6.07) is 17.5. The molecule has 5 heteroatoms. The number of benzene rings is 2. The van der Waals surface area contributed by atoms with Crippen molar-refractivity contribution in [2.75, 3.05) is 38.0 Å². The van der Waals surface area contributed by atoms with Crippen LogP contribution < -0.4 is 10.6 Å². The summed E-state index contributed by atoms with van der Waals surface area (Å²) < 4.78 is 1.06. The quantitative estimate of drug-likeness (QED) is 0.438. The number of nitrogens with one attached hydrogen (secondary N) is 2. The van der Waals surface area contributed by atoms with Gasteiger partial charge in [-0.25, -0.2) is 4.79 Å². The van der Waals surface area contributed by atoms with E-state index in [0.29, 0.717) is 6.54 Å². The molecule has 0 heterocycles. The first-order valence-electron chi connectivity index (χ1n) is 9.76. The smallest absolute Gasteiger partial charge is 0.319 e. The summed E-state index contributed by atoms with van der Waals surface area (Å²) in [5, 5.41) is 6.59. The molecule has 2 aromatic carbocycles. The SMILES string of the molecule is CC[N+](CC)(CCCNC(=O)Nc1ccccc1)CCc1ccc(Cl)cc1. The van der Waals surface area contributed by atoms with Gasteiger partial charge in [0.25, 0.3) is 0 Å². The number of anilines is 1. The fourth-order valence-corrected chi connectivity index (χ4v) is 3.42. The van der Waals surface area contributed by atoms with Crippen molar-refractivity contribution in [3.8, 4) is 0 Å². The highest BCUT2D eigenvalue weighted by Crippen LogP contribution is 2.14. The molecular weight excluding hydrogens is 358 g/mol. The highest BCUT2D eigenvalue weighted by Gasteiger charge is 2.22. The molecule has 0 aliphatic rings. The second-order valence-corrected chi connectivity index (χ2v) is 7.33. The van der Waals surface area contributed by atoms with Crippen molar-refractivity contribution >= 4 is 23.3 Å². The lowest BCUT2D eigenvalue weighted by Gasteiger charge is -2.37. The topological polar surface area (TPSA) is 41.1 Å². The summed E-state index contributed by atoms with van der Waals surface area (Å²) in [6.45, 7) is 9.54. The molecular formula is C22H31ClN3O+. The first kappa shape index (κ1) is 21.3. The number of para-hydroxylation sites is 1. The van der Waals surface area contributed by atoms with Crippen LogP contribution in [0, 0.1) is 0 Å². The van der Waals surface area contributed by atoms with Crippen molar-refractivity contribution in [2.45, 2.75) is 26.7 Å². The molecule has 2 N–H and O–H groups in total. The van der Waals surface area contributed by atoms with Crippen LogP contribution in [0.5, 0.6) is 0 Å². The van der Waals surface area contributed by atoms with E-state index in [1.165, 1.54) is 5.56 Å². The summed E-state index contributed by atoms with van der Waals surface area (Å²) in [4.78, 5) is 12.0. The number of quaternary nitrogens is 1. The normalized spacial score (nSPS) is 11.2. The number of halogens is 1. The summed E-state index contributed by atoms with van der Waals surface area (Å²) >= 11 is 5.97. The van der Waals surface area contributed by atoms with E-state index >= 15 is 0 Å².